The molecule has 0 aromatic rings. The van der Waals surface area contributed by atoms with Crippen molar-refractivity contribution in [3.8, 4) is 0 Å². The maximum absolute atomic E-state index is 10.8. The first-order valence-corrected chi connectivity index (χ1v) is 8.40. The lowest BCUT2D eigenvalue weighted by molar-refractivity contribution is -0.0418. The van der Waals surface area contributed by atoms with Crippen LogP contribution in [0.15, 0.2) is 0 Å². The summed E-state index contributed by atoms with van der Waals surface area (Å²) in [6.45, 7) is 4.75. The first-order valence-electron chi connectivity index (χ1n) is 8.40. The van der Waals surface area contributed by atoms with E-state index < -0.39 is 5.60 Å². The molecule has 20 heavy (non-hydrogen) atoms. The van der Waals surface area contributed by atoms with Gasteiger partial charge in [0.2, 0.25) is 0 Å². The molecule has 2 aliphatic rings. The number of β-amino-alcohol motifs (C(OH)–C–C–N with tert-alkyl or cyclic N) is 1. The SMILES string of the molecule is COCCNCC1CCCCN1CC1(O)CCCCC1. The van der Waals surface area contributed by atoms with Gasteiger partial charge in [-0.05, 0) is 32.2 Å². The fraction of sp³-hybridized carbons (Fsp3) is 1.00. The van der Waals surface area contributed by atoms with Gasteiger partial charge in [-0.15, -0.1) is 0 Å². The van der Waals surface area contributed by atoms with E-state index in [4.69, 9.17) is 4.74 Å². The number of methoxy groups -OCH3 is 1. The van der Waals surface area contributed by atoms with E-state index in [0.29, 0.717) is 6.04 Å². The van der Waals surface area contributed by atoms with Crippen LogP contribution in [0.25, 0.3) is 0 Å². The van der Waals surface area contributed by atoms with Crippen LogP contribution in [0.4, 0.5) is 0 Å². The molecule has 0 spiro atoms. The fourth-order valence-electron chi connectivity index (χ4n) is 3.69. The first kappa shape index (κ1) is 16.2. The summed E-state index contributed by atoms with van der Waals surface area (Å²) >= 11 is 0. The van der Waals surface area contributed by atoms with Crippen LogP contribution >= 0.6 is 0 Å². The van der Waals surface area contributed by atoms with Crippen molar-refractivity contribution in [2.24, 2.45) is 0 Å². The van der Waals surface area contributed by atoms with Crippen LogP contribution in [0, 0.1) is 0 Å². The third-order valence-corrected chi connectivity index (χ3v) is 4.89. The van der Waals surface area contributed by atoms with Crippen molar-refractivity contribution in [2.45, 2.75) is 63.0 Å². The zero-order chi connectivity index (χ0) is 14.3. The van der Waals surface area contributed by atoms with Crippen LogP contribution in [0.2, 0.25) is 0 Å². The Morgan fingerprint density at radius 1 is 1.20 bits per heavy atom. The number of nitrogens with one attached hydrogen (secondary N) is 1. The minimum Gasteiger partial charge on any atom is -0.389 e. The highest BCUT2D eigenvalue weighted by atomic mass is 16.5. The van der Waals surface area contributed by atoms with Crippen molar-refractivity contribution >= 4 is 0 Å². The predicted molar refractivity (Wildman–Crippen MR) is 82.0 cm³/mol. The molecular weight excluding hydrogens is 252 g/mol. The normalized spacial score (nSPS) is 27.6. The van der Waals surface area contributed by atoms with E-state index in [2.05, 4.69) is 10.2 Å². The van der Waals surface area contributed by atoms with Crippen molar-refractivity contribution in [1.82, 2.24) is 10.2 Å². The molecule has 118 valence electrons. The van der Waals surface area contributed by atoms with Crippen molar-refractivity contribution in [2.75, 3.05) is 39.9 Å². The third-order valence-electron chi connectivity index (χ3n) is 4.89. The van der Waals surface area contributed by atoms with Gasteiger partial charge >= 0.3 is 0 Å². The number of aliphatic hydroxyl groups is 1. The van der Waals surface area contributed by atoms with Crippen LogP contribution < -0.4 is 5.32 Å². The van der Waals surface area contributed by atoms with E-state index in [1.165, 1.54) is 38.5 Å². The molecule has 0 aromatic heterocycles. The Labute approximate surface area is 123 Å². The number of piperidine rings is 1. The molecule has 1 unspecified atom stereocenters. The molecule has 2 N–H and O–H groups in total. The number of likely N-dealkylation sites (tertiary alicyclic amines) is 1. The lowest BCUT2D eigenvalue weighted by Crippen LogP contribution is -2.53. The summed E-state index contributed by atoms with van der Waals surface area (Å²) in [4.78, 5) is 2.54. The van der Waals surface area contributed by atoms with E-state index in [9.17, 15) is 5.11 Å². The summed E-state index contributed by atoms with van der Waals surface area (Å²) in [7, 11) is 1.74. The molecule has 4 nitrogen and oxygen atoms in total. The first-order chi connectivity index (χ1) is 9.73. The van der Waals surface area contributed by atoms with Crippen LogP contribution in [-0.4, -0.2) is 61.5 Å². The summed E-state index contributed by atoms with van der Waals surface area (Å²) in [5.74, 6) is 0. The molecule has 1 aliphatic carbocycles. The molecule has 0 bridgehead atoms. The minimum absolute atomic E-state index is 0.416. The topological polar surface area (TPSA) is 44.7 Å². The Morgan fingerprint density at radius 3 is 2.75 bits per heavy atom. The Kier molecular flexibility index (Phi) is 6.75. The second-order valence-corrected chi connectivity index (χ2v) is 6.60. The zero-order valence-electron chi connectivity index (χ0n) is 13.1. The second-order valence-electron chi connectivity index (χ2n) is 6.60. The number of hydrogen-bond donors (Lipinski definition) is 2. The standard InChI is InChI=1S/C16H32N2O2/c1-20-12-10-17-13-15-7-3-6-11-18(15)14-16(19)8-4-2-5-9-16/h15,17,19H,2-14H2,1H3. The van der Waals surface area contributed by atoms with Crippen LogP contribution in [0.5, 0.6) is 0 Å². The molecule has 1 aliphatic heterocycles. The number of rotatable bonds is 7. The Bertz CT molecular complexity index is 267. The number of nitrogens with zero attached hydrogens (tertiary/aromatic N) is 1. The fourth-order valence-corrected chi connectivity index (χ4v) is 3.69. The molecule has 2 fully saturated rings. The van der Waals surface area contributed by atoms with Crippen LogP contribution in [0.3, 0.4) is 0 Å². The summed E-state index contributed by atoms with van der Waals surface area (Å²) < 4.78 is 5.08. The van der Waals surface area contributed by atoms with Gasteiger partial charge in [0, 0.05) is 32.8 Å². The lowest BCUT2D eigenvalue weighted by Gasteiger charge is -2.42. The van der Waals surface area contributed by atoms with Gasteiger partial charge in [-0.1, -0.05) is 25.7 Å². The summed E-state index contributed by atoms with van der Waals surface area (Å²) in [6.07, 6.45) is 9.54. The molecule has 1 saturated heterocycles. The summed E-state index contributed by atoms with van der Waals surface area (Å²) in [5.41, 5.74) is -0.416. The third kappa shape index (κ3) is 4.99. The summed E-state index contributed by atoms with van der Waals surface area (Å²) in [5, 5.41) is 14.3. The highest BCUT2D eigenvalue weighted by molar-refractivity contribution is 4.89. The molecule has 1 saturated carbocycles. The maximum atomic E-state index is 10.8. The largest absolute Gasteiger partial charge is 0.389 e. The predicted octanol–water partition coefficient (Wildman–Crippen LogP) is 1.77. The highest BCUT2D eigenvalue weighted by Crippen LogP contribution is 2.30. The smallest absolute Gasteiger partial charge is 0.0774 e. The molecule has 0 aromatic carbocycles. The van der Waals surface area contributed by atoms with Gasteiger partial charge in [0.25, 0.3) is 0 Å². The lowest BCUT2D eigenvalue weighted by atomic mass is 9.83. The zero-order valence-corrected chi connectivity index (χ0v) is 13.1. The van der Waals surface area contributed by atoms with E-state index in [1.54, 1.807) is 7.11 Å². The van der Waals surface area contributed by atoms with Crippen molar-refractivity contribution in [1.29, 1.82) is 0 Å². The van der Waals surface area contributed by atoms with Gasteiger partial charge in [0.1, 0.15) is 0 Å². The molecule has 2 rings (SSSR count). The van der Waals surface area contributed by atoms with E-state index >= 15 is 0 Å². The van der Waals surface area contributed by atoms with E-state index in [1.807, 2.05) is 0 Å². The van der Waals surface area contributed by atoms with Gasteiger partial charge in [-0.2, -0.15) is 0 Å². The molecule has 0 radical (unpaired) electrons. The van der Waals surface area contributed by atoms with Gasteiger partial charge in [0.05, 0.1) is 12.2 Å². The number of ether oxygens (including phenoxy) is 1. The Morgan fingerprint density at radius 2 is 2.00 bits per heavy atom. The summed E-state index contributed by atoms with van der Waals surface area (Å²) in [6, 6.07) is 0.589. The highest BCUT2D eigenvalue weighted by Gasteiger charge is 2.34. The minimum atomic E-state index is -0.416. The van der Waals surface area contributed by atoms with Gasteiger partial charge in [0.15, 0.2) is 0 Å². The number of hydrogen-bond acceptors (Lipinski definition) is 4. The van der Waals surface area contributed by atoms with Gasteiger partial charge in [-0.25, -0.2) is 0 Å². The Hall–Kier alpha value is -0.160. The van der Waals surface area contributed by atoms with Crippen molar-refractivity contribution < 1.29 is 9.84 Å². The molecular formula is C16H32N2O2. The van der Waals surface area contributed by atoms with Gasteiger partial charge < -0.3 is 15.2 Å². The average molecular weight is 284 g/mol. The van der Waals surface area contributed by atoms with Gasteiger partial charge in [-0.3, -0.25) is 4.90 Å². The molecule has 4 heteroatoms. The second kappa shape index (κ2) is 8.32. The van der Waals surface area contributed by atoms with Crippen molar-refractivity contribution in [3.05, 3.63) is 0 Å². The van der Waals surface area contributed by atoms with Crippen molar-refractivity contribution in [3.63, 3.8) is 0 Å². The van der Waals surface area contributed by atoms with Crippen LogP contribution in [0.1, 0.15) is 51.4 Å². The molecule has 0 amide bonds. The maximum Gasteiger partial charge on any atom is 0.0774 e. The van der Waals surface area contributed by atoms with E-state index in [0.717, 1.165) is 45.6 Å². The van der Waals surface area contributed by atoms with Crippen LogP contribution in [-0.2, 0) is 4.74 Å². The quantitative estimate of drug-likeness (QED) is 0.700. The molecule has 1 atom stereocenters. The average Bonchev–Trinajstić information content (AvgIpc) is 2.46. The molecule has 1 heterocycles. The van der Waals surface area contributed by atoms with E-state index in [-0.39, 0.29) is 0 Å². The Balaban J connectivity index is 1.79. The monoisotopic (exact) mass is 284 g/mol.